The molecule has 2 aliphatic rings. The van der Waals surface area contributed by atoms with Crippen LogP contribution >= 0.6 is 0 Å². The van der Waals surface area contributed by atoms with E-state index in [1.807, 2.05) is 0 Å². The van der Waals surface area contributed by atoms with Gasteiger partial charge in [0.15, 0.2) is 0 Å². The van der Waals surface area contributed by atoms with Crippen molar-refractivity contribution >= 4 is 0 Å². The smallest absolute Gasteiger partial charge is 0.0880 e. The monoisotopic (exact) mass is 277 g/mol. The van der Waals surface area contributed by atoms with E-state index in [0.717, 1.165) is 39.1 Å². The first-order valence-corrected chi connectivity index (χ1v) is 7.68. The number of hydrogen-bond donors (Lipinski definition) is 1. The van der Waals surface area contributed by atoms with Gasteiger partial charge in [0.1, 0.15) is 0 Å². The van der Waals surface area contributed by atoms with Crippen LogP contribution in [0.5, 0.6) is 0 Å². The summed E-state index contributed by atoms with van der Waals surface area (Å²) < 4.78 is 8.27. The van der Waals surface area contributed by atoms with Crippen molar-refractivity contribution < 1.29 is 4.74 Å². The van der Waals surface area contributed by atoms with Crippen molar-refractivity contribution in [3.8, 4) is 0 Å². The van der Waals surface area contributed by atoms with Gasteiger partial charge in [0.2, 0.25) is 0 Å². The van der Waals surface area contributed by atoms with E-state index in [4.69, 9.17) is 10.5 Å². The highest BCUT2D eigenvalue weighted by atomic mass is 16.5. The molecule has 2 unspecified atom stereocenters. The molecule has 1 fully saturated rings. The average Bonchev–Trinajstić information content (AvgIpc) is 2.71. The summed E-state index contributed by atoms with van der Waals surface area (Å²) in [4.78, 5) is 2.35. The molecule has 1 aliphatic carbocycles. The molecule has 112 valence electrons. The van der Waals surface area contributed by atoms with Gasteiger partial charge in [-0.15, -0.1) is 0 Å². The first-order valence-electron chi connectivity index (χ1n) is 7.68. The highest BCUT2D eigenvalue weighted by Gasteiger charge is 2.32. The molecule has 0 aromatic carbocycles. The number of nitrogens with two attached hydrogens (primary N) is 1. The molecule has 0 radical (unpaired) electrons. The minimum atomic E-state index is 0.185. The lowest BCUT2D eigenvalue weighted by molar-refractivity contribution is -0.0279. The van der Waals surface area contributed by atoms with E-state index in [1.165, 1.54) is 11.3 Å². The number of rotatable bonds is 2. The Hall–Kier alpha value is -0.840. The molecule has 1 aromatic rings. The summed E-state index contributed by atoms with van der Waals surface area (Å²) in [6, 6.07) is 2.40. The van der Waals surface area contributed by atoms with E-state index in [1.54, 1.807) is 0 Å². The summed E-state index contributed by atoms with van der Waals surface area (Å²) in [5.41, 5.74) is 9.40. The summed E-state index contributed by atoms with van der Waals surface area (Å²) in [7, 11) is 2.17. The SMILES string of the molecule is CN1CCOC(Cn2ccc3c2CC(C)(C)CC3N)C1. The Kier molecular flexibility index (Phi) is 3.65. The standard InChI is InChI=1S/C16H27N3O/c1-16(2)8-14(17)13-4-5-19(15(13)9-16)11-12-10-18(3)6-7-20-12/h4-5,12,14H,6-11,17H2,1-3H3. The van der Waals surface area contributed by atoms with Gasteiger partial charge in [-0.2, -0.15) is 0 Å². The average molecular weight is 277 g/mol. The van der Waals surface area contributed by atoms with Gasteiger partial charge < -0.3 is 19.9 Å². The van der Waals surface area contributed by atoms with E-state index >= 15 is 0 Å². The van der Waals surface area contributed by atoms with Crippen molar-refractivity contribution in [2.24, 2.45) is 11.1 Å². The molecule has 0 spiro atoms. The highest BCUT2D eigenvalue weighted by molar-refractivity contribution is 5.30. The Morgan fingerprint density at radius 2 is 2.25 bits per heavy atom. The largest absolute Gasteiger partial charge is 0.374 e. The Morgan fingerprint density at radius 3 is 3.00 bits per heavy atom. The maximum Gasteiger partial charge on any atom is 0.0880 e. The van der Waals surface area contributed by atoms with Gasteiger partial charge >= 0.3 is 0 Å². The molecule has 20 heavy (non-hydrogen) atoms. The second-order valence-electron chi connectivity index (χ2n) is 7.28. The van der Waals surface area contributed by atoms with Gasteiger partial charge in [0, 0.05) is 37.6 Å². The molecule has 0 saturated carbocycles. The molecule has 1 aliphatic heterocycles. The first kappa shape index (κ1) is 14.1. The highest BCUT2D eigenvalue weighted by Crippen LogP contribution is 2.40. The predicted molar refractivity (Wildman–Crippen MR) is 80.7 cm³/mol. The summed E-state index contributed by atoms with van der Waals surface area (Å²) in [6.45, 7) is 8.48. The summed E-state index contributed by atoms with van der Waals surface area (Å²) in [5.74, 6) is 0. The van der Waals surface area contributed by atoms with Crippen molar-refractivity contribution in [2.45, 2.75) is 45.4 Å². The number of fused-ring (bicyclic) bond motifs is 1. The van der Waals surface area contributed by atoms with E-state index in [0.29, 0.717) is 11.5 Å². The third-order valence-electron chi connectivity index (χ3n) is 4.67. The molecule has 1 saturated heterocycles. The number of likely N-dealkylation sites (N-methyl/N-ethyl adjacent to an activating group) is 1. The number of hydrogen-bond acceptors (Lipinski definition) is 3. The minimum absolute atomic E-state index is 0.185. The number of aromatic nitrogens is 1. The van der Waals surface area contributed by atoms with E-state index < -0.39 is 0 Å². The first-order chi connectivity index (χ1) is 9.44. The van der Waals surface area contributed by atoms with Gasteiger partial charge in [0.25, 0.3) is 0 Å². The van der Waals surface area contributed by atoms with Gasteiger partial charge in [-0.25, -0.2) is 0 Å². The number of morpholine rings is 1. The quantitative estimate of drug-likeness (QED) is 0.896. The van der Waals surface area contributed by atoms with Crippen LogP contribution in [0.3, 0.4) is 0 Å². The zero-order chi connectivity index (χ0) is 14.3. The van der Waals surface area contributed by atoms with Crippen LogP contribution in [-0.2, 0) is 17.7 Å². The molecule has 2 heterocycles. The van der Waals surface area contributed by atoms with Crippen molar-refractivity contribution in [3.63, 3.8) is 0 Å². The van der Waals surface area contributed by atoms with E-state index in [2.05, 4.69) is 42.6 Å². The molecule has 4 nitrogen and oxygen atoms in total. The Labute approximate surface area is 121 Å². The van der Waals surface area contributed by atoms with Gasteiger partial charge in [0.05, 0.1) is 12.7 Å². The normalized spacial score (nSPS) is 30.2. The lowest BCUT2D eigenvalue weighted by Gasteiger charge is -2.36. The molecule has 2 atom stereocenters. The number of ether oxygens (including phenoxy) is 1. The fourth-order valence-electron chi connectivity index (χ4n) is 3.66. The van der Waals surface area contributed by atoms with Crippen LogP contribution < -0.4 is 5.73 Å². The maximum atomic E-state index is 6.34. The third kappa shape index (κ3) is 2.78. The van der Waals surface area contributed by atoms with Gasteiger partial charge in [-0.05, 0) is 36.9 Å². The van der Waals surface area contributed by atoms with Crippen molar-refractivity contribution in [3.05, 3.63) is 23.5 Å². The fourth-order valence-corrected chi connectivity index (χ4v) is 3.66. The van der Waals surface area contributed by atoms with Crippen LogP contribution in [-0.4, -0.2) is 42.3 Å². The van der Waals surface area contributed by atoms with Crippen LogP contribution in [0.4, 0.5) is 0 Å². The Bertz CT molecular complexity index is 480. The second-order valence-corrected chi connectivity index (χ2v) is 7.28. The molecule has 4 heteroatoms. The van der Waals surface area contributed by atoms with Gasteiger partial charge in [-0.3, -0.25) is 0 Å². The minimum Gasteiger partial charge on any atom is -0.374 e. The van der Waals surface area contributed by atoms with Crippen LogP contribution in [0.15, 0.2) is 12.3 Å². The van der Waals surface area contributed by atoms with Crippen LogP contribution in [0, 0.1) is 5.41 Å². The van der Waals surface area contributed by atoms with Crippen molar-refractivity contribution in [1.82, 2.24) is 9.47 Å². The van der Waals surface area contributed by atoms with Crippen molar-refractivity contribution in [1.29, 1.82) is 0 Å². The molecular formula is C16H27N3O. The maximum absolute atomic E-state index is 6.34. The lowest BCUT2D eigenvalue weighted by atomic mass is 9.74. The molecule has 0 amide bonds. The van der Waals surface area contributed by atoms with E-state index in [-0.39, 0.29) is 6.04 Å². The van der Waals surface area contributed by atoms with Gasteiger partial charge in [-0.1, -0.05) is 13.8 Å². The zero-order valence-electron chi connectivity index (χ0n) is 12.9. The second kappa shape index (κ2) is 5.17. The summed E-state index contributed by atoms with van der Waals surface area (Å²) in [6.07, 6.45) is 4.69. The molecule has 2 N–H and O–H groups in total. The van der Waals surface area contributed by atoms with Crippen LogP contribution in [0.25, 0.3) is 0 Å². The topological polar surface area (TPSA) is 43.4 Å². The molecule has 0 bridgehead atoms. The molecule has 3 rings (SSSR count). The fraction of sp³-hybridized carbons (Fsp3) is 0.750. The van der Waals surface area contributed by atoms with Crippen LogP contribution in [0.2, 0.25) is 0 Å². The van der Waals surface area contributed by atoms with Crippen LogP contribution in [0.1, 0.15) is 37.6 Å². The van der Waals surface area contributed by atoms with Crippen molar-refractivity contribution in [2.75, 3.05) is 26.7 Å². The summed E-state index contributed by atoms with van der Waals surface area (Å²) in [5, 5.41) is 0. The number of nitrogens with zero attached hydrogens (tertiary/aromatic N) is 2. The predicted octanol–water partition coefficient (Wildman–Crippen LogP) is 1.79. The third-order valence-corrected chi connectivity index (χ3v) is 4.67. The van der Waals surface area contributed by atoms with E-state index in [9.17, 15) is 0 Å². The lowest BCUT2D eigenvalue weighted by Crippen LogP contribution is -2.42. The zero-order valence-corrected chi connectivity index (χ0v) is 12.9. The Balaban J connectivity index is 1.78. The molecule has 1 aromatic heterocycles. The summed E-state index contributed by atoms with van der Waals surface area (Å²) >= 11 is 0. The Morgan fingerprint density at radius 1 is 1.45 bits per heavy atom. The molecular weight excluding hydrogens is 250 g/mol.